The number of nitrogens with one attached hydrogen (secondary N) is 1. The van der Waals surface area contributed by atoms with Gasteiger partial charge in [0.25, 0.3) is 0 Å². The molecule has 1 amide bonds. The second-order valence-corrected chi connectivity index (χ2v) is 5.56. The maximum Gasteiger partial charge on any atom is 0.445 e. The number of carbonyl (C=O) groups is 1. The van der Waals surface area contributed by atoms with Crippen LogP contribution in [0.3, 0.4) is 0 Å². The first kappa shape index (κ1) is 17.1. The lowest BCUT2D eigenvalue weighted by atomic mass is 9.82. The van der Waals surface area contributed by atoms with Crippen molar-refractivity contribution in [1.29, 1.82) is 0 Å². The number of amides is 1. The molecule has 1 saturated carbocycles. The normalized spacial score (nSPS) is 18.2. The lowest BCUT2D eigenvalue weighted by molar-refractivity contribution is -0.138. The number of alkyl halides is 3. The molecule has 0 saturated heterocycles. The van der Waals surface area contributed by atoms with E-state index >= 15 is 0 Å². The average molecular weight is 331 g/mol. The number of nitrogens with two attached hydrogens (primary N) is 1. The summed E-state index contributed by atoms with van der Waals surface area (Å²) in [6.45, 7) is 0. The molecule has 1 fully saturated rings. The Bertz CT molecular complexity index is 473. The van der Waals surface area contributed by atoms with Gasteiger partial charge in [0.05, 0.1) is 5.54 Å². The first-order chi connectivity index (χ1) is 8.81. The minimum Gasteiger partial charge on any atom is -0.317 e. The van der Waals surface area contributed by atoms with Crippen molar-refractivity contribution in [1.82, 2.24) is 10.2 Å². The first-order valence-electron chi connectivity index (χ1n) is 5.82. The Morgan fingerprint density at radius 1 is 1.25 bits per heavy atom. The van der Waals surface area contributed by atoms with Gasteiger partial charge >= 0.3 is 6.18 Å². The van der Waals surface area contributed by atoms with Crippen LogP contribution >= 0.6 is 23.7 Å². The molecule has 1 heterocycles. The fraction of sp³-hybridized carbons (Fsp3) is 0.700. The number of hydrogen-bond donors (Lipinski definition) is 2. The summed E-state index contributed by atoms with van der Waals surface area (Å²) < 4.78 is 37.0. The van der Waals surface area contributed by atoms with E-state index < -0.39 is 22.6 Å². The highest BCUT2D eigenvalue weighted by Gasteiger charge is 2.38. The minimum atomic E-state index is -4.55. The Kier molecular flexibility index (Phi) is 5.33. The molecule has 0 bridgehead atoms. The van der Waals surface area contributed by atoms with Gasteiger partial charge in [-0.05, 0) is 12.8 Å². The van der Waals surface area contributed by atoms with Crippen LogP contribution in [0, 0.1) is 0 Å². The van der Waals surface area contributed by atoms with E-state index in [9.17, 15) is 18.0 Å². The van der Waals surface area contributed by atoms with Crippen molar-refractivity contribution >= 4 is 34.8 Å². The first-order valence-corrected chi connectivity index (χ1v) is 6.64. The Hall–Kier alpha value is -0.930. The van der Waals surface area contributed by atoms with Gasteiger partial charge in [-0.25, -0.2) is 0 Å². The number of carbonyl (C=O) groups excluding carboxylic acids is 1. The van der Waals surface area contributed by atoms with Crippen LogP contribution < -0.4 is 11.1 Å². The summed E-state index contributed by atoms with van der Waals surface area (Å²) in [6.07, 6.45) is -0.787. The van der Waals surface area contributed by atoms with Gasteiger partial charge in [-0.1, -0.05) is 30.6 Å². The monoisotopic (exact) mass is 330 g/mol. The molecule has 1 aromatic rings. The van der Waals surface area contributed by atoms with Gasteiger partial charge in [-0.3, -0.25) is 10.1 Å². The van der Waals surface area contributed by atoms with Gasteiger partial charge in [0.1, 0.15) is 0 Å². The molecule has 0 atom stereocenters. The Morgan fingerprint density at radius 3 is 2.35 bits per heavy atom. The third-order valence-electron chi connectivity index (χ3n) is 3.09. The molecule has 10 heteroatoms. The predicted octanol–water partition coefficient (Wildman–Crippen LogP) is 2.58. The molecule has 20 heavy (non-hydrogen) atoms. The minimum absolute atomic E-state index is 0. The zero-order chi connectivity index (χ0) is 14.1. The van der Waals surface area contributed by atoms with E-state index in [-0.39, 0.29) is 17.5 Å². The van der Waals surface area contributed by atoms with Crippen LogP contribution in [-0.4, -0.2) is 21.6 Å². The molecule has 0 radical (unpaired) electrons. The maximum atomic E-state index is 12.3. The number of anilines is 1. The van der Waals surface area contributed by atoms with Crippen molar-refractivity contribution in [3.63, 3.8) is 0 Å². The summed E-state index contributed by atoms with van der Waals surface area (Å²) in [7, 11) is 0. The SMILES string of the molecule is Cl.NC1(C(=O)Nc2nnc(C(F)(F)F)s2)CCCCC1. The van der Waals surface area contributed by atoms with Gasteiger partial charge in [0.2, 0.25) is 16.0 Å². The van der Waals surface area contributed by atoms with Gasteiger partial charge < -0.3 is 5.73 Å². The lowest BCUT2D eigenvalue weighted by Crippen LogP contribution is -2.52. The molecule has 0 aromatic carbocycles. The van der Waals surface area contributed by atoms with Crippen LogP contribution in [0.4, 0.5) is 18.3 Å². The largest absolute Gasteiger partial charge is 0.445 e. The van der Waals surface area contributed by atoms with Crippen LogP contribution in [0.15, 0.2) is 0 Å². The Balaban J connectivity index is 0.00000200. The zero-order valence-corrected chi connectivity index (χ0v) is 12.0. The summed E-state index contributed by atoms with van der Waals surface area (Å²) in [5.74, 6) is -0.489. The quantitative estimate of drug-likeness (QED) is 0.873. The van der Waals surface area contributed by atoms with E-state index in [2.05, 4.69) is 15.5 Å². The highest BCUT2D eigenvalue weighted by atomic mass is 35.5. The van der Waals surface area contributed by atoms with Crippen LogP contribution in [0.1, 0.15) is 37.1 Å². The maximum absolute atomic E-state index is 12.3. The van der Waals surface area contributed by atoms with Gasteiger partial charge in [-0.2, -0.15) is 13.2 Å². The van der Waals surface area contributed by atoms with E-state index in [0.717, 1.165) is 19.3 Å². The summed E-state index contributed by atoms with van der Waals surface area (Å²) in [5, 5.41) is 7.37. The molecule has 114 valence electrons. The molecule has 1 aliphatic carbocycles. The average Bonchev–Trinajstić information content (AvgIpc) is 2.78. The predicted molar refractivity (Wildman–Crippen MR) is 70.8 cm³/mol. The molecule has 1 aliphatic rings. The second-order valence-electron chi connectivity index (χ2n) is 4.58. The van der Waals surface area contributed by atoms with Gasteiger partial charge in [0.15, 0.2) is 0 Å². The number of hydrogen-bond acceptors (Lipinski definition) is 5. The van der Waals surface area contributed by atoms with E-state index in [4.69, 9.17) is 5.73 Å². The van der Waals surface area contributed by atoms with E-state index in [0.29, 0.717) is 24.2 Å². The number of halogens is 4. The number of nitrogens with zero attached hydrogens (tertiary/aromatic N) is 2. The summed E-state index contributed by atoms with van der Waals surface area (Å²) in [5.41, 5.74) is 4.95. The van der Waals surface area contributed by atoms with Crippen LogP contribution in [0.5, 0.6) is 0 Å². The van der Waals surface area contributed by atoms with Crippen molar-refractivity contribution in [2.24, 2.45) is 5.73 Å². The smallest absolute Gasteiger partial charge is 0.317 e. The van der Waals surface area contributed by atoms with Gasteiger partial charge in [0, 0.05) is 0 Å². The fourth-order valence-electron chi connectivity index (χ4n) is 2.02. The summed E-state index contributed by atoms with van der Waals surface area (Å²) >= 11 is 0.296. The molecule has 5 nitrogen and oxygen atoms in total. The second kappa shape index (κ2) is 6.23. The Morgan fingerprint density at radius 2 is 1.85 bits per heavy atom. The number of rotatable bonds is 2. The van der Waals surface area contributed by atoms with Crippen LogP contribution in [0.25, 0.3) is 0 Å². The Labute approximate surface area is 123 Å². The zero-order valence-electron chi connectivity index (χ0n) is 10.4. The van der Waals surface area contributed by atoms with E-state index in [1.165, 1.54) is 0 Å². The molecular weight excluding hydrogens is 317 g/mol. The highest BCUT2D eigenvalue weighted by Crippen LogP contribution is 2.34. The van der Waals surface area contributed by atoms with Crippen molar-refractivity contribution in [2.75, 3.05) is 5.32 Å². The van der Waals surface area contributed by atoms with Crippen LogP contribution in [-0.2, 0) is 11.0 Å². The topological polar surface area (TPSA) is 80.9 Å². The van der Waals surface area contributed by atoms with Crippen molar-refractivity contribution < 1.29 is 18.0 Å². The molecule has 1 aromatic heterocycles. The standard InChI is InChI=1S/C10H13F3N4OS.ClH/c11-10(12,13)7-16-17-8(19-7)15-6(18)9(14)4-2-1-3-5-9;/h1-5,14H2,(H,15,17,18);1H. The third-order valence-corrected chi connectivity index (χ3v) is 3.97. The fourth-order valence-corrected chi connectivity index (χ4v) is 2.63. The molecule has 0 aliphatic heterocycles. The van der Waals surface area contributed by atoms with Crippen LogP contribution in [0.2, 0.25) is 0 Å². The summed E-state index contributed by atoms with van der Waals surface area (Å²) in [6, 6.07) is 0. The number of aromatic nitrogens is 2. The summed E-state index contributed by atoms with van der Waals surface area (Å²) in [4.78, 5) is 12.0. The van der Waals surface area contributed by atoms with E-state index in [1.54, 1.807) is 0 Å². The van der Waals surface area contributed by atoms with Crippen molar-refractivity contribution in [3.8, 4) is 0 Å². The molecular formula is C10H14ClF3N4OS. The third kappa shape index (κ3) is 3.80. The van der Waals surface area contributed by atoms with Crippen molar-refractivity contribution in [3.05, 3.63) is 5.01 Å². The molecule has 0 spiro atoms. The molecule has 3 N–H and O–H groups in total. The van der Waals surface area contributed by atoms with Crippen molar-refractivity contribution in [2.45, 2.75) is 43.8 Å². The van der Waals surface area contributed by atoms with E-state index in [1.807, 2.05) is 0 Å². The van der Waals surface area contributed by atoms with Gasteiger partial charge in [-0.15, -0.1) is 22.6 Å². The lowest BCUT2D eigenvalue weighted by Gasteiger charge is -2.31. The molecule has 2 rings (SSSR count). The highest BCUT2D eigenvalue weighted by molar-refractivity contribution is 7.15. The molecule has 0 unspecified atom stereocenters.